The number of esters is 1. The summed E-state index contributed by atoms with van der Waals surface area (Å²) in [5.41, 5.74) is 1.60. The maximum atomic E-state index is 13.0. The van der Waals surface area contributed by atoms with E-state index in [0.717, 1.165) is 0 Å². The average Bonchev–Trinajstić information content (AvgIpc) is 2.77. The van der Waals surface area contributed by atoms with Crippen LogP contribution < -0.4 is 5.32 Å². The van der Waals surface area contributed by atoms with Crippen LogP contribution in [0, 0.1) is 5.92 Å². The van der Waals surface area contributed by atoms with E-state index in [-0.39, 0.29) is 24.5 Å². The Kier molecular flexibility index (Phi) is 7.79. The molecular weight excluding hydrogens is 432 g/mol. The van der Waals surface area contributed by atoms with Crippen LogP contribution in [0.5, 0.6) is 0 Å². The highest BCUT2D eigenvalue weighted by Gasteiger charge is 2.38. The molecule has 3 amide bonds. The predicted octanol–water partition coefficient (Wildman–Crippen LogP) is 2.65. The lowest BCUT2D eigenvalue weighted by Gasteiger charge is -2.40. The fourth-order valence-corrected chi connectivity index (χ4v) is 4.29. The molecule has 2 aliphatic rings. The molecule has 1 aromatic rings. The lowest BCUT2D eigenvalue weighted by molar-refractivity contribution is -0.139. The van der Waals surface area contributed by atoms with Crippen LogP contribution in [0.4, 0.5) is 4.79 Å². The van der Waals surface area contributed by atoms with Crippen molar-refractivity contribution in [3.8, 4) is 0 Å². The van der Waals surface area contributed by atoms with E-state index in [0.29, 0.717) is 54.6 Å². The fourth-order valence-electron chi connectivity index (χ4n) is 4.04. The number of nitrogens with zero attached hydrogens (tertiary/aromatic N) is 3. The van der Waals surface area contributed by atoms with E-state index in [4.69, 9.17) is 16.3 Å². The fraction of sp³-hybridized carbons (Fsp3) is 0.522. The van der Waals surface area contributed by atoms with Gasteiger partial charge in [-0.1, -0.05) is 43.6 Å². The van der Waals surface area contributed by atoms with Gasteiger partial charge in [-0.25, -0.2) is 9.59 Å². The van der Waals surface area contributed by atoms with Gasteiger partial charge in [0.25, 0.3) is 0 Å². The van der Waals surface area contributed by atoms with Gasteiger partial charge in [0, 0.05) is 56.4 Å². The summed E-state index contributed by atoms with van der Waals surface area (Å²) in [6.07, 6.45) is 0. The number of benzene rings is 1. The number of likely N-dealkylation sites (N-methyl/N-ethyl adjacent to an activating group) is 1. The number of nitrogens with one attached hydrogen (secondary N) is 1. The van der Waals surface area contributed by atoms with E-state index in [1.165, 1.54) is 4.90 Å². The maximum absolute atomic E-state index is 13.0. The van der Waals surface area contributed by atoms with Gasteiger partial charge in [-0.2, -0.15) is 0 Å². The lowest BCUT2D eigenvalue weighted by Crippen LogP contribution is -2.53. The molecule has 1 N–H and O–H groups in total. The Morgan fingerprint density at radius 2 is 1.84 bits per heavy atom. The number of piperazine rings is 1. The van der Waals surface area contributed by atoms with Gasteiger partial charge >= 0.3 is 12.0 Å². The predicted molar refractivity (Wildman–Crippen MR) is 122 cm³/mol. The summed E-state index contributed by atoms with van der Waals surface area (Å²) in [5, 5.41) is 3.35. The second-order valence-electron chi connectivity index (χ2n) is 8.30. The van der Waals surface area contributed by atoms with E-state index < -0.39 is 12.0 Å². The van der Waals surface area contributed by atoms with Crippen LogP contribution >= 0.6 is 11.6 Å². The molecule has 1 atom stereocenters. The van der Waals surface area contributed by atoms with Crippen molar-refractivity contribution in [2.24, 2.45) is 5.92 Å². The van der Waals surface area contributed by atoms with E-state index in [1.54, 1.807) is 32.2 Å². The molecule has 1 fully saturated rings. The van der Waals surface area contributed by atoms with Crippen LogP contribution in [0.2, 0.25) is 5.02 Å². The number of hydrogen-bond donors (Lipinski definition) is 1. The summed E-state index contributed by atoms with van der Waals surface area (Å²) in [4.78, 5) is 43.6. The van der Waals surface area contributed by atoms with Crippen LogP contribution in [-0.4, -0.2) is 79.0 Å². The van der Waals surface area contributed by atoms with Crippen molar-refractivity contribution in [2.75, 3.05) is 46.4 Å². The lowest BCUT2D eigenvalue weighted by atomic mass is 9.94. The molecule has 1 aromatic carbocycles. The van der Waals surface area contributed by atoms with Gasteiger partial charge in [0.05, 0.1) is 18.2 Å². The third-order valence-corrected chi connectivity index (χ3v) is 6.18. The summed E-state index contributed by atoms with van der Waals surface area (Å²) in [5.74, 6) is -0.374. The van der Waals surface area contributed by atoms with Gasteiger partial charge in [0.1, 0.15) is 0 Å². The number of rotatable bonds is 6. The number of hydrogen-bond acceptors (Lipinski definition) is 5. The summed E-state index contributed by atoms with van der Waals surface area (Å²) in [6, 6.07) is 6.13. The molecule has 0 unspecified atom stereocenters. The summed E-state index contributed by atoms with van der Waals surface area (Å²) in [6.45, 7) is 8.70. The van der Waals surface area contributed by atoms with Crippen LogP contribution in [-0.2, 0) is 14.3 Å². The minimum absolute atomic E-state index is 0.0378. The minimum atomic E-state index is -0.703. The number of amides is 3. The van der Waals surface area contributed by atoms with Crippen LogP contribution in [0.15, 0.2) is 35.5 Å². The van der Waals surface area contributed by atoms with Crippen molar-refractivity contribution in [3.05, 3.63) is 46.1 Å². The Morgan fingerprint density at radius 3 is 2.44 bits per heavy atom. The first-order valence-electron chi connectivity index (χ1n) is 10.9. The number of ether oxygens (including phenoxy) is 1. The van der Waals surface area contributed by atoms with Crippen molar-refractivity contribution in [3.63, 3.8) is 0 Å². The SMILES string of the molecule is CCOC(=O)C1=C(CN2CCN(C(=O)C(C)C)CC2)N(C)C(=O)N[C@@H]1c1ccccc1Cl. The van der Waals surface area contributed by atoms with Crippen molar-refractivity contribution in [1.82, 2.24) is 20.0 Å². The van der Waals surface area contributed by atoms with Crippen LogP contribution in [0.1, 0.15) is 32.4 Å². The largest absolute Gasteiger partial charge is 0.463 e. The zero-order valence-corrected chi connectivity index (χ0v) is 19.8. The molecule has 0 radical (unpaired) electrons. The Morgan fingerprint density at radius 1 is 1.19 bits per heavy atom. The van der Waals surface area contributed by atoms with Crippen LogP contribution in [0.3, 0.4) is 0 Å². The molecule has 0 spiro atoms. The first-order chi connectivity index (χ1) is 15.2. The minimum Gasteiger partial charge on any atom is -0.463 e. The van der Waals surface area contributed by atoms with Gasteiger partial charge in [-0.05, 0) is 18.6 Å². The second-order valence-corrected chi connectivity index (χ2v) is 8.71. The van der Waals surface area contributed by atoms with E-state index in [1.807, 2.05) is 24.8 Å². The molecule has 9 heteroatoms. The molecular formula is C23H31ClN4O4. The normalized spacial score (nSPS) is 19.9. The highest BCUT2D eigenvalue weighted by Crippen LogP contribution is 2.34. The Bertz CT molecular complexity index is 909. The van der Waals surface area contributed by atoms with Crippen molar-refractivity contribution < 1.29 is 19.1 Å². The smallest absolute Gasteiger partial charge is 0.338 e. The number of carbonyl (C=O) groups is 3. The van der Waals surface area contributed by atoms with E-state index in [9.17, 15) is 14.4 Å². The molecule has 174 valence electrons. The van der Waals surface area contributed by atoms with Gasteiger partial charge < -0.3 is 15.0 Å². The van der Waals surface area contributed by atoms with Gasteiger partial charge in [0.15, 0.2) is 0 Å². The zero-order chi connectivity index (χ0) is 23.4. The van der Waals surface area contributed by atoms with Gasteiger partial charge in [0.2, 0.25) is 5.91 Å². The third-order valence-electron chi connectivity index (χ3n) is 5.84. The Balaban J connectivity index is 1.92. The van der Waals surface area contributed by atoms with Gasteiger partial charge in [-0.3, -0.25) is 14.6 Å². The number of halogens is 1. The second kappa shape index (κ2) is 10.4. The molecule has 1 saturated heterocycles. The molecule has 3 rings (SSSR count). The van der Waals surface area contributed by atoms with Gasteiger partial charge in [-0.15, -0.1) is 0 Å². The summed E-state index contributed by atoms with van der Waals surface area (Å²) < 4.78 is 5.36. The average molecular weight is 463 g/mol. The molecule has 32 heavy (non-hydrogen) atoms. The Labute approximate surface area is 194 Å². The van der Waals surface area contributed by atoms with E-state index >= 15 is 0 Å². The molecule has 2 heterocycles. The molecule has 0 aliphatic carbocycles. The molecule has 0 bridgehead atoms. The number of urea groups is 1. The molecule has 2 aliphatic heterocycles. The van der Waals surface area contributed by atoms with Crippen molar-refractivity contribution in [1.29, 1.82) is 0 Å². The Hall–Kier alpha value is -2.58. The van der Waals surface area contributed by atoms with Crippen molar-refractivity contribution in [2.45, 2.75) is 26.8 Å². The summed E-state index contributed by atoms with van der Waals surface area (Å²) >= 11 is 6.41. The molecule has 0 saturated carbocycles. The molecule has 8 nitrogen and oxygen atoms in total. The van der Waals surface area contributed by atoms with E-state index in [2.05, 4.69) is 10.2 Å². The first kappa shape index (κ1) is 24.1. The highest BCUT2D eigenvalue weighted by atomic mass is 35.5. The maximum Gasteiger partial charge on any atom is 0.338 e. The topological polar surface area (TPSA) is 82.2 Å². The standard InChI is InChI=1S/C23H31ClN4O4/c1-5-32-22(30)19-18(14-27-10-12-28(13-11-27)21(29)15(2)3)26(4)23(31)25-20(19)16-8-6-7-9-17(16)24/h6-9,15,20H,5,10-14H2,1-4H3,(H,25,31)/t20-/m1/s1. The zero-order valence-electron chi connectivity index (χ0n) is 19.1. The van der Waals surface area contributed by atoms with Crippen molar-refractivity contribution >= 4 is 29.5 Å². The quantitative estimate of drug-likeness (QED) is 0.657. The first-order valence-corrected chi connectivity index (χ1v) is 11.3. The summed E-state index contributed by atoms with van der Waals surface area (Å²) in [7, 11) is 1.64. The molecule has 0 aromatic heterocycles. The third kappa shape index (κ3) is 5.07. The number of carbonyl (C=O) groups excluding carboxylic acids is 3. The monoisotopic (exact) mass is 462 g/mol. The van der Waals surface area contributed by atoms with Crippen LogP contribution in [0.25, 0.3) is 0 Å². The highest BCUT2D eigenvalue weighted by molar-refractivity contribution is 6.31.